The number of rotatable bonds is 6. The third-order valence-corrected chi connectivity index (χ3v) is 3.30. The third-order valence-electron chi connectivity index (χ3n) is 3.30. The molecule has 0 radical (unpaired) electrons. The molecule has 0 saturated heterocycles. The van der Waals surface area contributed by atoms with Crippen LogP contribution in [0.15, 0.2) is 0 Å². The molecule has 1 fully saturated rings. The molecule has 1 aliphatic carbocycles. The first-order valence-corrected chi connectivity index (χ1v) is 7.64. The van der Waals surface area contributed by atoms with Crippen LogP contribution in [0.3, 0.4) is 0 Å². The molecule has 118 valence electrons. The smallest absolute Gasteiger partial charge is 0.407 e. The van der Waals surface area contributed by atoms with E-state index in [1.54, 1.807) is 0 Å². The lowest BCUT2D eigenvalue weighted by molar-refractivity contribution is 0.0504. The molecule has 3 unspecified atom stereocenters. The number of amides is 1. The minimum absolute atomic E-state index is 0.213. The Kier molecular flexibility index (Phi) is 6.76. The zero-order valence-electron chi connectivity index (χ0n) is 13.5. The van der Waals surface area contributed by atoms with Gasteiger partial charge >= 0.3 is 6.09 Å². The number of hydrogen-bond donors (Lipinski definition) is 2. The molecule has 0 aliphatic heterocycles. The van der Waals surface area contributed by atoms with Crippen LogP contribution in [0.4, 0.5) is 4.79 Å². The standard InChI is InChI=1S/C15H30N2O3/c1-6-19-11(2)10-16-12-7-8-13(9-12)17-14(18)20-15(3,4)5/h11-13,16H,6-10H2,1-5H3,(H,17,18). The van der Waals surface area contributed by atoms with Crippen LogP contribution >= 0.6 is 0 Å². The largest absolute Gasteiger partial charge is 0.444 e. The Balaban J connectivity index is 2.21. The number of carbonyl (C=O) groups excluding carboxylic acids is 1. The molecule has 0 aromatic rings. The van der Waals surface area contributed by atoms with Crippen molar-refractivity contribution in [3.8, 4) is 0 Å². The molecule has 5 nitrogen and oxygen atoms in total. The van der Waals surface area contributed by atoms with Crippen molar-refractivity contribution in [1.82, 2.24) is 10.6 Å². The van der Waals surface area contributed by atoms with Crippen LogP contribution in [0.25, 0.3) is 0 Å². The summed E-state index contributed by atoms with van der Waals surface area (Å²) in [6.45, 7) is 11.3. The molecule has 0 aromatic heterocycles. The van der Waals surface area contributed by atoms with Crippen LogP contribution in [-0.4, -0.2) is 43.0 Å². The van der Waals surface area contributed by atoms with Gasteiger partial charge in [-0.05, 0) is 53.9 Å². The SMILES string of the molecule is CCOC(C)CNC1CCC(NC(=O)OC(C)(C)C)C1. The van der Waals surface area contributed by atoms with E-state index < -0.39 is 5.60 Å². The van der Waals surface area contributed by atoms with Crippen LogP contribution in [-0.2, 0) is 9.47 Å². The lowest BCUT2D eigenvalue weighted by atomic mass is 10.2. The Hall–Kier alpha value is -0.810. The Morgan fingerprint density at radius 3 is 2.55 bits per heavy atom. The first-order valence-electron chi connectivity index (χ1n) is 7.64. The zero-order chi connectivity index (χ0) is 15.2. The van der Waals surface area contributed by atoms with Gasteiger partial charge in [0.05, 0.1) is 6.10 Å². The number of ether oxygens (including phenoxy) is 2. The second-order valence-corrected chi connectivity index (χ2v) is 6.53. The molecule has 0 spiro atoms. The zero-order valence-corrected chi connectivity index (χ0v) is 13.5. The van der Waals surface area contributed by atoms with Gasteiger partial charge in [-0.25, -0.2) is 4.79 Å². The summed E-state index contributed by atoms with van der Waals surface area (Å²) in [6.07, 6.45) is 2.96. The van der Waals surface area contributed by atoms with Gasteiger partial charge in [-0.3, -0.25) is 0 Å². The molecule has 1 rings (SSSR count). The predicted octanol–water partition coefficient (Wildman–Crippen LogP) is 2.45. The van der Waals surface area contributed by atoms with E-state index in [-0.39, 0.29) is 18.2 Å². The van der Waals surface area contributed by atoms with Crippen molar-refractivity contribution in [3.63, 3.8) is 0 Å². The van der Waals surface area contributed by atoms with Crippen molar-refractivity contribution in [3.05, 3.63) is 0 Å². The number of hydrogen-bond acceptors (Lipinski definition) is 4. The van der Waals surface area contributed by atoms with Crippen LogP contribution in [0.2, 0.25) is 0 Å². The number of carbonyl (C=O) groups is 1. The van der Waals surface area contributed by atoms with Crippen LogP contribution in [0.5, 0.6) is 0 Å². The van der Waals surface area contributed by atoms with Crippen molar-refractivity contribution >= 4 is 6.09 Å². The topological polar surface area (TPSA) is 59.6 Å². The lowest BCUT2D eigenvalue weighted by Crippen LogP contribution is -2.39. The first-order chi connectivity index (χ1) is 9.30. The molecule has 3 atom stereocenters. The highest BCUT2D eigenvalue weighted by Crippen LogP contribution is 2.20. The summed E-state index contributed by atoms with van der Waals surface area (Å²) in [5.41, 5.74) is -0.437. The summed E-state index contributed by atoms with van der Waals surface area (Å²) in [5.74, 6) is 0. The molecule has 1 amide bonds. The number of nitrogens with one attached hydrogen (secondary N) is 2. The van der Waals surface area contributed by atoms with Crippen molar-refractivity contribution in [2.24, 2.45) is 0 Å². The molecular formula is C15H30N2O3. The summed E-state index contributed by atoms with van der Waals surface area (Å²) >= 11 is 0. The van der Waals surface area contributed by atoms with E-state index in [9.17, 15) is 4.79 Å². The maximum absolute atomic E-state index is 11.7. The van der Waals surface area contributed by atoms with Crippen LogP contribution in [0, 0.1) is 0 Å². The van der Waals surface area contributed by atoms with E-state index in [0.717, 1.165) is 32.4 Å². The Bertz CT molecular complexity index is 302. The average Bonchev–Trinajstić information content (AvgIpc) is 2.71. The maximum Gasteiger partial charge on any atom is 0.407 e. The van der Waals surface area contributed by atoms with E-state index in [1.165, 1.54) is 0 Å². The highest BCUT2D eigenvalue weighted by molar-refractivity contribution is 5.68. The van der Waals surface area contributed by atoms with Gasteiger partial charge in [0.2, 0.25) is 0 Å². The molecule has 0 heterocycles. The molecule has 0 bridgehead atoms. The fourth-order valence-electron chi connectivity index (χ4n) is 2.45. The van der Waals surface area contributed by atoms with Gasteiger partial charge in [0.1, 0.15) is 5.60 Å². The van der Waals surface area contributed by atoms with Gasteiger partial charge in [0.25, 0.3) is 0 Å². The summed E-state index contributed by atoms with van der Waals surface area (Å²) in [7, 11) is 0. The highest BCUT2D eigenvalue weighted by atomic mass is 16.6. The summed E-state index contributed by atoms with van der Waals surface area (Å²) in [4.78, 5) is 11.7. The quantitative estimate of drug-likeness (QED) is 0.787. The minimum atomic E-state index is -0.437. The molecule has 0 aromatic carbocycles. The summed E-state index contributed by atoms with van der Waals surface area (Å²) in [6, 6.07) is 0.669. The van der Waals surface area contributed by atoms with Crippen LogP contribution < -0.4 is 10.6 Å². The first kappa shape index (κ1) is 17.2. The third kappa shape index (κ3) is 7.10. The van der Waals surface area contributed by atoms with E-state index in [4.69, 9.17) is 9.47 Å². The van der Waals surface area contributed by atoms with Gasteiger partial charge in [-0.2, -0.15) is 0 Å². The second kappa shape index (κ2) is 7.84. The highest BCUT2D eigenvalue weighted by Gasteiger charge is 2.27. The lowest BCUT2D eigenvalue weighted by Gasteiger charge is -2.22. The van der Waals surface area contributed by atoms with E-state index in [1.807, 2.05) is 27.7 Å². The van der Waals surface area contributed by atoms with Crippen LogP contribution in [0.1, 0.15) is 53.9 Å². The van der Waals surface area contributed by atoms with Gasteiger partial charge in [-0.15, -0.1) is 0 Å². The van der Waals surface area contributed by atoms with E-state index in [0.29, 0.717) is 6.04 Å². The maximum atomic E-state index is 11.7. The molecule has 1 saturated carbocycles. The van der Waals surface area contributed by atoms with Crippen molar-refractivity contribution in [2.45, 2.75) is 77.7 Å². The second-order valence-electron chi connectivity index (χ2n) is 6.53. The monoisotopic (exact) mass is 286 g/mol. The Labute approximate surface area is 122 Å². The van der Waals surface area contributed by atoms with Gasteiger partial charge in [0, 0.05) is 25.2 Å². The molecule has 20 heavy (non-hydrogen) atoms. The molecule has 5 heteroatoms. The Morgan fingerprint density at radius 1 is 1.30 bits per heavy atom. The van der Waals surface area contributed by atoms with E-state index >= 15 is 0 Å². The molecule has 1 aliphatic rings. The Morgan fingerprint density at radius 2 is 1.95 bits per heavy atom. The molecule has 2 N–H and O–H groups in total. The minimum Gasteiger partial charge on any atom is -0.444 e. The average molecular weight is 286 g/mol. The summed E-state index contributed by atoms with van der Waals surface area (Å²) in [5, 5.41) is 6.45. The van der Waals surface area contributed by atoms with Gasteiger partial charge < -0.3 is 20.1 Å². The van der Waals surface area contributed by atoms with Crippen molar-refractivity contribution in [1.29, 1.82) is 0 Å². The fourth-order valence-corrected chi connectivity index (χ4v) is 2.45. The number of alkyl carbamates (subject to hydrolysis) is 1. The normalized spacial score (nSPS) is 24.4. The van der Waals surface area contributed by atoms with E-state index in [2.05, 4.69) is 17.6 Å². The summed E-state index contributed by atoms with van der Waals surface area (Å²) < 4.78 is 10.8. The van der Waals surface area contributed by atoms with Crippen molar-refractivity contribution < 1.29 is 14.3 Å². The van der Waals surface area contributed by atoms with Crippen molar-refractivity contribution in [2.75, 3.05) is 13.2 Å². The fraction of sp³-hybridized carbons (Fsp3) is 0.933. The predicted molar refractivity (Wildman–Crippen MR) is 79.9 cm³/mol. The van der Waals surface area contributed by atoms with Gasteiger partial charge in [0.15, 0.2) is 0 Å². The van der Waals surface area contributed by atoms with Gasteiger partial charge in [-0.1, -0.05) is 0 Å². The molecular weight excluding hydrogens is 256 g/mol.